The zero-order valence-corrected chi connectivity index (χ0v) is 19.1. The van der Waals surface area contributed by atoms with Gasteiger partial charge in [-0.05, 0) is 54.8 Å². The molecule has 0 aliphatic carbocycles. The fourth-order valence-corrected chi connectivity index (χ4v) is 3.83. The Morgan fingerprint density at radius 3 is 2.50 bits per heavy atom. The van der Waals surface area contributed by atoms with Crippen molar-refractivity contribution in [3.8, 4) is 22.9 Å². The Hall–Kier alpha value is -3.96. The minimum absolute atomic E-state index is 0.0432. The van der Waals surface area contributed by atoms with Crippen LogP contribution in [-0.2, 0) is 4.74 Å². The second-order valence-corrected chi connectivity index (χ2v) is 8.02. The highest BCUT2D eigenvalue weighted by Crippen LogP contribution is 2.22. The first-order chi connectivity index (χ1) is 16.7. The Morgan fingerprint density at radius 1 is 1.15 bits per heavy atom. The van der Waals surface area contributed by atoms with Crippen molar-refractivity contribution >= 4 is 17.5 Å². The molecular formula is C26H27N5O3. The first-order valence-electron chi connectivity index (χ1n) is 11.3. The molecule has 1 aliphatic heterocycles. The summed E-state index contributed by atoms with van der Waals surface area (Å²) in [5.41, 5.74) is 3.24. The van der Waals surface area contributed by atoms with Crippen LogP contribution in [-0.4, -0.2) is 53.7 Å². The van der Waals surface area contributed by atoms with E-state index >= 15 is 0 Å². The van der Waals surface area contributed by atoms with Crippen molar-refractivity contribution in [2.75, 3.05) is 32.1 Å². The van der Waals surface area contributed by atoms with Crippen LogP contribution in [0.5, 0.6) is 5.75 Å². The lowest BCUT2D eigenvalue weighted by atomic mass is 10.1. The summed E-state index contributed by atoms with van der Waals surface area (Å²) in [4.78, 5) is 23.5. The van der Waals surface area contributed by atoms with E-state index in [0.29, 0.717) is 31.0 Å². The lowest BCUT2D eigenvalue weighted by Gasteiger charge is -2.24. The third-order valence-corrected chi connectivity index (χ3v) is 5.69. The molecule has 1 saturated heterocycles. The van der Waals surface area contributed by atoms with Gasteiger partial charge in [0.05, 0.1) is 25.7 Å². The Labute approximate surface area is 199 Å². The van der Waals surface area contributed by atoms with Crippen molar-refractivity contribution in [2.45, 2.75) is 25.4 Å². The number of carbonyl (C=O) groups is 1. The lowest BCUT2D eigenvalue weighted by Crippen LogP contribution is -2.38. The summed E-state index contributed by atoms with van der Waals surface area (Å²) in [6.07, 6.45) is 5.80. The number of hydrogen-bond acceptors (Lipinski definition) is 7. The van der Waals surface area contributed by atoms with Crippen LogP contribution < -0.4 is 10.1 Å². The summed E-state index contributed by atoms with van der Waals surface area (Å²) in [7, 11) is 1.64. The van der Waals surface area contributed by atoms with Gasteiger partial charge in [-0.25, -0.2) is 9.97 Å². The number of methoxy groups -OCH3 is 1. The average Bonchev–Trinajstić information content (AvgIpc) is 3.40. The van der Waals surface area contributed by atoms with E-state index < -0.39 is 0 Å². The van der Waals surface area contributed by atoms with Crippen molar-refractivity contribution in [3.63, 3.8) is 0 Å². The zero-order valence-electron chi connectivity index (χ0n) is 19.1. The SMILES string of the molecule is COc1ccc(-c2cnc(Nc3ccc(C(=O)N(CCC#N)CC4CCCO4)cc3)nc2)cc1. The molecule has 0 radical (unpaired) electrons. The van der Waals surface area contributed by atoms with Gasteiger partial charge in [-0.1, -0.05) is 12.1 Å². The van der Waals surface area contributed by atoms with Crippen molar-refractivity contribution in [3.05, 3.63) is 66.5 Å². The van der Waals surface area contributed by atoms with Crippen molar-refractivity contribution in [1.29, 1.82) is 5.26 Å². The molecule has 3 aromatic rings. The second-order valence-electron chi connectivity index (χ2n) is 8.02. The van der Waals surface area contributed by atoms with Gasteiger partial charge in [0.15, 0.2) is 0 Å². The number of nitriles is 1. The molecule has 1 aliphatic rings. The van der Waals surface area contributed by atoms with Gasteiger partial charge in [0.25, 0.3) is 5.91 Å². The zero-order chi connectivity index (χ0) is 23.8. The van der Waals surface area contributed by atoms with Crippen LogP contribution in [0.3, 0.4) is 0 Å². The molecular weight excluding hydrogens is 430 g/mol. The van der Waals surface area contributed by atoms with Gasteiger partial charge >= 0.3 is 0 Å². The van der Waals surface area contributed by atoms with Crippen molar-refractivity contribution in [1.82, 2.24) is 14.9 Å². The fraction of sp³-hybridized carbons (Fsp3) is 0.308. The predicted octanol–water partition coefficient (Wildman–Crippen LogP) is 4.43. The minimum Gasteiger partial charge on any atom is -0.497 e. The van der Waals surface area contributed by atoms with Crippen LogP contribution in [0.4, 0.5) is 11.6 Å². The number of nitrogens with zero attached hydrogens (tertiary/aromatic N) is 4. The van der Waals surface area contributed by atoms with Crippen LogP contribution >= 0.6 is 0 Å². The molecule has 0 bridgehead atoms. The molecule has 1 unspecified atom stereocenters. The number of ether oxygens (including phenoxy) is 2. The number of hydrogen-bond donors (Lipinski definition) is 1. The largest absolute Gasteiger partial charge is 0.497 e. The number of nitrogens with one attached hydrogen (secondary N) is 1. The molecule has 2 heterocycles. The molecule has 1 N–H and O–H groups in total. The molecule has 8 heteroatoms. The Morgan fingerprint density at radius 2 is 1.88 bits per heavy atom. The van der Waals surface area contributed by atoms with Crippen LogP contribution in [0.1, 0.15) is 29.6 Å². The Bertz CT molecular complexity index is 1120. The summed E-state index contributed by atoms with van der Waals surface area (Å²) >= 11 is 0. The van der Waals surface area contributed by atoms with Gasteiger partial charge < -0.3 is 19.7 Å². The van der Waals surface area contributed by atoms with E-state index in [1.54, 1.807) is 36.5 Å². The van der Waals surface area contributed by atoms with Gasteiger partial charge in [-0.3, -0.25) is 4.79 Å². The van der Waals surface area contributed by atoms with Gasteiger partial charge in [0.1, 0.15) is 5.75 Å². The fourth-order valence-electron chi connectivity index (χ4n) is 3.83. The molecule has 2 aromatic carbocycles. The maximum Gasteiger partial charge on any atom is 0.253 e. The van der Waals surface area contributed by atoms with Gasteiger partial charge in [-0.2, -0.15) is 5.26 Å². The first kappa shape index (κ1) is 23.2. The molecule has 1 fully saturated rings. The van der Waals surface area contributed by atoms with Crippen molar-refractivity contribution < 1.29 is 14.3 Å². The molecule has 1 amide bonds. The van der Waals surface area contributed by atoms with Gasteiger partial charge in [-0.15, -0.1) is 0 Å². The molecule has 0 spiro atoms. The van der Waals surface area contributed by atoms with Crippen LogP contribution in [0.2, 0.25) is 0 Å². The maximum atomic E-state index is 13.0. The molecule has 1 aromatic heterocycles. The second kappa shape index (κ2) is 11.3. The minimum atomic E-state index is -0.0996. The topological polar surface area (TPSA) is 100 Å². The standard InChI is InChI=1S/C26H27N5O3/c1-33-23-11-7-19(8-12-23)21-16-28-26(29-17-21)30-22-9-5-20(6-10-22)25(32)31(14-3-13-27)18-24-4-2-15-34-24/h5-12,16-17,24H,2-4,14-15,18H2,1H3,(H,28,29,30). The van der Waals surface area contributed by atoms with Crippen LogP contribution in [0.25, 0.3) is 11.1 Å². The third-order valence-electron chi connectivity index (χ3n) is 5.69. The van der Waals surface area contributed by atoms with E-state index in [1.165, 1.54) is 0 Å². The molecule has 174 valence electrons. The highest BCUT2D eigenvalue weighted by Gasteiger charge is 2.23. The number of aromatic nitrogens is 2. The number of rotatable bonds is 9. The predicted molar refractivity (Wildman–Crippen MR) is 129 cm³/mol. The van der Waals surface area contributed by atoms with E-state index in [-0.39, 0.29) is 12.0 Å². The van der Waals surface area contributed by atoms with E-state index in [4.69, 9.17) is 14.7 Å². The van der Waals surface area contributed by atoms with E-state index in [0.717, 1.165) is 42.0 Å². The number of carbonyl (C=O) groups excluding carboxylic acids is 1. The van der Waals surface area contributed by atoms with Gasteiger partial charge in [0.2, 0.25) is 5.95 Å². The van der Waals surface area contributed by atoms with E-state index in [2.05, 4.69) is 21.4 Å². The molecule has 0 saturated carbocycles. The summed E-state index contributed by atoms with van der Waals surface area (Å²) in [5.74, 6) is 1.16. The lowest BCUT2D eigenvalue weighted by molar-refractivity contribution is 0.0531. The average molecular weight is 458 g/mol. The van der Waals surface area contributed by atoms with E-state index in [9.17, 15) is 4.79 Å². The summed E-state index contributed by atoms with van der Waals surface area (Å²) < 4.78 is 10.9. The maximum absolute atomic E-state index is 13.0. The first-order valence-corrected chi connectivity index (χ1v) is 11.3. The van der Waals surface area contributed by atoms with Crippen LogP contribution in [0.15, 0.2) is 60.9 Å². The Balaban J connectivity index is 1.39. The highest BCUT2D eigenvalue weighted by molar-refractivity contribution is 5.94. The number of amides is 1. The molecule has 4 rings (SSSR count). The summed E-state index contributed by atoms with van der Waals surface area (Å²) in [6, 6.07) is 17.0. The summed E-state index contributed by atoms with van der Waals surface area (Å²) in [6.45, 7) is 1.63. The molecule has 1 atom stereocenters. The van der Waals surface area contributed by atoms with E-state index in [1.807, 2.05) is 36.4 Å². The highest BCUT2D eigenvalue weighted by atomic mass is 16.5. The number of benzene rings is 2. The van der Waals surface area contributed by atoms with Crippen LogP contribution in [0, 0.1) is 11.3 Å². The monoisotopic (exact) mass is 457 g/mol. The normalized spacial score (nSPS) is 14.9. The van der Waals surface area contributed by atoms with Crippen molar-refractivity contribution in [2.24, 2.45) is 0 Å². The number of anilines is 2. The van der Waals surface area contributed by atoms with Gasteiger partial charge in [0, 0.05) is 48.9 Å². The molecule has 34 heavy (non-hydrogen) atoms. The Kier molecular flexibility index (Phi) is 7.68. The smallest absolute Gasteiger partial charge is 0.253 e. The quantitative estimate of drug-likeness (QED) is 0.507. The molecule has 8 nitrogen and oxygen atoms in total. The summed E-state index contributed by atoms with van der Waals surface area (Å²) in [5, 5.41) is 12.1. The third kappa shape index (κ3) is 5.88.